The van der Waals surface area contributed by atoms with Crippen molar-refractivity contribution in [1.82, 2.24) is 10.2 Å². The van der Waals surface area contributed by atoms with Crippen LogP contribution in [0.3, 0.4) is 0 Å². The first-order valence-corrected chi connectivity index (χ1v) is 6.26. The molecule has 2 aliphatic carbocycles. The lowest BCUT2D eigenvalue weighted by Gasteiger charge is -2.32. The van der Waals surface area contributed by atoms with Gasteiger partial charge in [-0.2, -0.15) is 0 Å². The first-order chi connectivity index (χ1) is 8.08. The molecule has 2 bridgehead atoms. The summed E-state index contributed by atoms with van der Waals surface area (Å²) in [5, 5.41) is 2.06. The zero-order valence-corrected chi connectivity index (χ0v) is 9.81. The Labute approximate surface area is 99.5 Å². The topological polar surface area (TPSA) is 66.5 Å². The maximum atomic E-state index is 11.6. The molecule has 0 aromatic rings. The van der Waals surface area contributed by atoms with Crippen LogP contribution in [0, 0.1) is 17.8 Å². The van der Waals surface area contributed by atoms with Gasteiger partial charge in [-0.25, -0.2) is 4.79 Å². The number of hydrogen-bond acceptors (Lipinski definition) is 3. The minimum Gasteiger partial charge on any atom is -0.269 e. The summed E-state index contributed by atoms with van der Waals surface area (Å²) in [5.74, 6) is 0.305. The quantitative estimate of drug-likeness (QED) is 0.572. The summed E-state index contributed by atoms with van der Waals surface area (Å²) in [6.07, 6.45) is 4.81. The van der Waals surface area contributed by atoms with Crippen molar-refractivity contribution in [3.05, 3.63) is 0 Å². The molecule has 92 valence electrons. The fraction of sp³-hybridized carbons (Fsp3) is 0.750. The summed E-state index contributed by atoms with van der Waals surface area (Å²) < 4.78 is 0. The molecule has 1 aliphatic heterocycles. The highest BCUT2D eigenvalue weighted by Gasteiger charge is 2.48. The van der Waals surface area contributed by atoms with Crippen LogP contribution in [0.25, 0.3) is 0 Å². The third kappa shape index (κ3) is 1.48. The predicted octanol–water partition coefficient (Wildman–Crippen LogP) is 0.889. The first kappa shape index (κ1) is 10.7. The van der Waals surface area contributed by atoms with E-state index in [1.165, 1.54) is 19.3 Å². The van der Waals surface area contributed by atoms with E-state index in [0.717, 1.165) is 17.2 Å². The van der Waals surface area contributed by atoms with E-state index in [1.807, 2.05) is 6.92 Å². The molecule has 0 aromatic heterocycles. The monoisotopic (exact) mass is 236 g/mol. The van der Waals surface area contributed by atoms with Crippen LogP contribution in [-0.4, -0.2) is 28.8 Å². The Hall–Kier alpha value is -1.39. The van der Waals surface area contributed by atoms with E-state index in [0.29, 0.717) is 11.8 Å². The predicted molar refractivity (Wildman–Crippen MR) is 58.8 cm³/mol. The van der Waals surface area contributed by atoms with Gasteiger partial charge in [0.2, 0.25) is 0 Å². The molecule has 1 N–H and O–H groups in total. The number of carbonyl (C=O) groups is 3. The number of nitrogens with one attached hydrogen (secondary N) is 1. The van der Waals surface area contributed by atoms with Crippen LogP contribution in [0.2, 0.25) is 0 Å². The number of nitrogens with zero attached hydrogens (tertiary/aromatic N) is 1. The Kier molecular flexibility index (Phi) is 2.24. The summed E-state index contributed by atoms with van der Waals surface area (Å²) in [6, 6.07) is -0.695. The molecule has 1 heterocycles. The van der Waals surface area contributed by atoms with E-state index in [1.54, 1.807) is 0 Å². The molecule has 3 fully saturated rings. The van der Waals surface area contributed by atoms with Crippen LogP contribution in [0.1, 0.15) is 32.6 Å². The molecule has 0 aromatic carbocycles. The summed E-state index contributed by atoms with van der Waals surface area (Å²) in [4.78, 5) is 35.5. The lowest BCUT2D eigenvalue weighted by atomic mass is 9.83. The molecule has 0 spiro atoms. The Morgan fingerprint density at radius 1 is 1.24 bits per heavy atom. The van der Waals surface area contributed by atoms with Crippen LogP contribution in [0.5, 0.6) is 0 Å². The number of hydrogen-bond donors (Lipinski definition) is 1. The van der Waals surface area contributed by atoms with Gasteiger partial charge < -0.3 is 0 Å². The van der Waals surface area contributed by atoms with E-state index >= 15 is 0 Å². The number of amides is 4. The highest BCUT2D eigenvalue weighted by atomic mass is 16.2. The second-order valence-electron chi connectivity index (χ2n) is 5.51. The second-order valence-corrected chi connectivity index (χ2v) is 5.51. The summed E-state index contributed by atoms with van der Waals surface area (Å²) in [7, 11) is 0. The minimum absolute atomic E-state index is 0.149. The fourth-order valence-electron chi connectivity index (χ4n) is 3.86. The third-order valence-electron chi connectivity index (χ3n) is 4.67. The van der Waals surface area contributed by atoms with Gasteiger partial charge in [0.15, 0.2) is 0 Å². The summed E-state index contributed by atoms with van der Waals surface area (Å²) in [6.45, 7) is 1.89. The molecule has 3 rings (SSSR count). The molecule has 2 saturated carbocycles. The van der Waals surface area contributed by atoms with E-state index < -0.39 is 17.8 Å². The van der Waals surface area contributed by atoms with Crippen LogP contribution in [0.15, 0.2) is 0 Å². The van der Waals surface area contributed by atoms with Crippen molar-refractivity contribution in [2.75, 3.05) is 0 Å². The summed E-state index contributed by atoms with van der Waals surface area (Å²) >= 11 is 0. The summed E-state index contributed by atoms with van der Waals surface area (Å²) in [5.41, 5.74) is 0. The highest BCUT2D eigenvalue weighted by molar-refractivity contribution is 6.44. The fourth-order valence-corrected chi connectivity index (χ4v) is 3.86. The molecule has 0 radical (unpaired) electrons. The van der Waals surface area contributed by atoms with Gasteiger partial charge in [-0.1, -0.05) is 6.42 Å². The van der Waals surface area contributed by atoms with Gasteiger partial charge in [0, 0.05) is 6.04 Å². The molecule has 4 atom stereocenters. The second kappa shape index (κ2) is 3.55. The van der Waals surface area contributed by atoms with Gasteiger partial charge >= 0.3 is 17.8 Å². The average molecular weight is 236 g/mol. The van der Waals surface area contributed by atoms with Crippen molar-refractivity contribution in [2.45, 2.75) is 38.6 Å². The molecule has 0 unspecified atom stereocenters. The number of urea groups is 1. The van der Waals surface area contributed by atoms with Crippen molar-refractivity contribution in [1.29, 1.82) is 0 Å². The Morgan fingerprint density at radius 3 is 2.47 bits per heavy atom. The molecular formula is C12H16N2O3. The highest BCUT2D eigenvalue weighted by Crippen LogP contribution is 2.50. The SMILES string of the molecule is C[C@H]([C@H]1C[C@@H]2CC[C@@H]1C2)N1C(=O)NC(=O)C1=O. The average Bonchev–Trinajstić information content (AvgIpc) is 2.94. The smallest absolute Gasteiger partial charge is 0.269 e. The zero-order valence-electron chi connectivity index (χ0n) is 9.81. The Balaban J connectivity index is 1.78. The number of imide groups is 2. The Bertz CT molecular complexity index is 407. The number of fused-ring (bicyclic) bond motifs is 2. The molecule has 17 heavy (non-hydrogen) atoms. The lowest BCUT2D eigenvalue weighted by molar-refractivity contribution is -0.141. The van der Waals surface area contributed by atoms with E-state index in [4.69, 9.17) is 0 Å². The Morgan fingerprint density at radius 2 is 2.00 bits per heavy atom. The largest absolute Gasteiger partial charge is 0.331 e. The van der Waals surface area contributed by atoms with Crippen molar-refractivity contribution >= 4 is 17.8 Å². The van der Waals surface area contributed by atoms with Crippen molar-refractivity contribution in [3.63, 3.8) is 0 Å². The van der Waals surface area contributed by atoms with Gasteiger partial charge in [-0.15, -0.1) is 0 Å². The normalized spacial score (nSPS) is 37.8. The van der Waals surface area contributed by atoms with Crippen LogP contribution >= 0.6 is 0 Å². The first-order valence-electron chi connectivity index (χ1n) is 6.26. The molecule has 5 nitrogen and oxygen atoms in total. The van der Waals surface area contributed by atoms with Gasteiger partial charge in [-0.3, -0.25) is 19.8 Å². The van der Waals surface area contributed by atoms with E-state index in [2.05, 4.69) is 5.32 Å². The minimum atomic E-state index is -0.787. The van der Waals surface area contributed by atoms with E-state index in [-0.39, 0.29) is 6.04 Å². The maximum Gasteiger partial charge on any atom is 0.331 e. The zero-order chi connectivity index (χ0) is 12.2. The van der Waals surface area contributed by atoms with Gasteiger partial charge in [0.1, 0.15) is 0 Å². The molecule has 5 heteroatoms. The molecule has 3 aliphatic rings. The number of rotatable bonds is 2. The lowest BCUT2D eigenvalue weighted by Crippen LogP contribution is -2.44. The van der Waals surface area contributed by atoms with Gasteiger partial charge in [0.25, 0.3) is 0 Å². The van der Waals surface area contributed by atoms with Gasteiger partial charge in [0.05, 0.1) is 0 Å². The van der Waals surface area contributed by atoms with Gasteiger partial charge in [-0.05, 0) is 43.9 Å². The van der Waals surface area contributed by atoms with Crippen LogP contribution in [-0.2, 0) is 9.59 Å². The number of carbonyl (C=O) groups excluding carboxylic acids is 3. The standard InChI is InChI=1S/C12H16N2O3/c1-6(9-5-7-2-3-8(9)4-7)14-11(16)10(15)13-12(14)17/h6-9H,2-5H2,1H3,(H,13,15,17)/t6-,7-,8-,9-/m1/s1. The van der Waals surface area contributed by atoms with E-state index in [9.17, 15) is 14.4 Å². The maximum absolute atomic E-state index is 11.6. The molecular weight excluding hydrogens is 220 g/mol. The van der Waals surface area contributed by atoms with Crippen LogP contribution in [0.4, 0.5) is 4.79 Å². The van der Waals surface area contributed by atoms with Crippen LogP contribution < -0.4 is 5.32 Å². The third-order valence-corrected chi connectivity index (χ3v) is 4.67. The molecule has 1 saturated heterocycles. The van der Waals surface area contributed by atoms with Crippen molar-refractivity contribution < 1.29 is 14.4 Å². The van der Waals surface area contributed by atoms with Crippen molar-refractivity contribution in [3.8, 4) is 0 Å². The molecule has 4 amide bonds. The van der Waals surface area contributed by atoms with Crippen molar-refractivity contribution in [2.24, 2.45) is 17.8 Å².